The van der Waals surface area contributed by atoms with Crippen LogP contribution in [-0.4, -0.2) is 11.2 Å². The van der Waals surface area contributed by atoms with Crippen molar-refractivity contribution in [2.24, 2.45) is 5.92 Å². The smallest absolute Gasteiger partial charge is 0.291 e. The molecule has 1 aromatic carbocycles. The predicted molar refractivity (Wildman–Crippen MR) is 64.4 cm³/mol. The fourth-order valence-corrected chi connectivity index (χ4v) is 1.85. The Labute approximate surface area is 105 Å². The van der Waals surface area contributed by atoms with Gasteiger partial charge in [-0.2, -0.15) is 8.78 Å². The summed E-state index contributed by atoms with van der Waals surface area (Å²) in [6, 6.07) is 9.72. The van der Waals surface area contributed by atoms with Gasteiger partial charge < -0.3 is 0 Å². The third-order valence-corrected chi connectivity index (χ3v) is 2.86. The molecule has 4 heteroatoms. The Morgan fingerprint density at radius 2 is 1.94 bits per heavy atom. The maximum absolute atomic E-state index is 12.5. The third-order valence-electron chi connectivity index (χ3n) is 2.67. The Hall–Kier alpha value is -0.960. The summed E-state index contributed by atoms with van der Waals surface area (Å²) < 4.78 is 25.1. The minimum absolute atomic E-state index is 0.427. The largest absolute Gasteiger partial charge is 0.380 e. The van der Waals surface area contributed by atoms with Gasteiger partial charge in [-0.25, -0.2) is 0 Å². The Bertz CT molecular complexity index is 359. The first-order valence-electron chi connectivity index (χ1n) is 5.56. The van der Waals surface area contributed by atoms with Crippen LogP contribution in [0.2, 0.25) is 0 Å². The second kappa shape index (κ2) is 6.10. The quantitative estimate of drug-likeness (QED) is 0.706. The number of hydrogen-bond donors (Lipinski definition) is 0. The van der Waals surface area contributed by atoms with E-state index in [-0.39, 0.29) is 0 Å². The normalized spacial score (nSPS) is 13.4. The standard InChI is InChI=1S/C13H15ClF2O/c1-10(12(17)13(14,15)16)6-5-9-11-7-3-2-4-8-11/h2-4,7-8,10H,5-6,9H2,1H3. The molecule has 0 spiro atoms. The number of carbonyl (C=O) groups excluding carboxylic acids is 1. The van der Waals surface area contributed by atoms with E-state index in [1.807, 2.05) is 30.3 Å². The minimum atomic E-state index is -3.73. The lowest BCUT2D eigenvalue weighted by Gasteiger charge is -2.13. The molecule has 0 radical (unpaired) electrons. The third kappa shape index (κ3) is 4.82. The number of carbonyl (C=O) groups is 1. The first-order valence-corrected chi connectivity index (χ1v) is 5.94. The summed E-state index contributed by atoms with van der Waals surface area (Å²) in [6.45, 7) is 1.49. The Kier molecular flexibility index (Phi) is 5.06. The average Bonchev–Trinajstić information content (AvgIpc) is 2.28. The molecule has 0 saturated carbocycles. The molecule has 0 amide bonds. The van der Waals surface area contributed by atoms with Crippen LogP contribution in [-0.2, 0) is 11.2 Å². The summed E-state index contributed by atoms with van der Waals surface area (Å²) in [5, 5.41) is -3.73. The summed E-state index contributed by atoms with van der Waals surface area (Å²) >= 11 is 4.69. The van der Waals surface area contributed by atoms with E-state index < -0.39 is 17.1 Å². The van der Waals surface area contributed by atoms with E-state index >= 15 is 0 Å². The zero-order valence-electron chi connectivity index (χ0n) is 9.63. The van der Waals surface area contributed by atoms with Gasteiger partial charge in [-0.15, -0.1) is 0 Å². The molecule has 0 N–H and O–H groups in total. The van der Waals surface area contributed by atoms with E-state index in [4.69, 9.17) is 11.6 Å². The highest BCUT2D eigenvalue weighted by molar-refractivity contribution is 6.32. The number of aryl methyl sites for hydroxylation is 1. The van der Waals surface area contributed by atoms with E-state index in [1.165, 1.54) is 6.92 Å². The molecule has 0 heterocycles. The summed E-state index contributed by atoms with van der Waals surface area (Å²) in [5.41, 5.74) is 1.14. The van der Waals surface area contributed by atoms with Crippen LogP contribution >= 0.6 is 11.6 Å². The van der Waals surface area contributed by atoms with Gasteiger partial charge in [0, 0.05) is 5.92 Å². The van der Waals surface area contributed by atoms with Gasteiger partial charge in [0.25, 0.3) is 0 Å². The molecular weight excluding hydrogens is 246 g/mol. The van der Waals surface area contributed by atoms with Crippen molar-refractivity contribution in [1.29, 1.82) is 0 Å². The van der Waals surface area contributed by atoms with E-state index in [0.717, 1.165) is 12.0 Å². The van der Waals surface area contributed by atoms with Crippen LogP contribution in [0.15, 0.2) is 30.3 Å². The highest BCUT2D eigenvalue weighted by atomic mass is 35.5. The SMILES string of the molecule is CC(CCCc1ccccc1)C(=O)C(F)(F)Cl. The highest BCUT2D eigenvalue weighted by Crippen LogP contribution is 2.26. The molecule has 0 aliphatic heterocycles. The van der Waals surface area contributed by atoms with Crippen molar-refractivity contribution >= 4 is 17.4 Å². The summed E-state index contributed by atoms with van der Waals surface area (Å²) in [4.78, 5) is 11.1. The van der Waals surface area contributed by atoms with Crippen LogP contribution in [0.5, 0.6) is 0 Å². The number of halogens is 3. The van der Waals surface area contributed by atoms with E-state index in [2.05, 4.69) is 0 Å². The van der Waals surface area contributed by atoms with Gasteiger partial charge in [-0.3, -0.25) is 4.79 Å². The van der Waals surface area contributed by atoms with Crippen LogP contribution in [0.4, 0.5) is 8.78 Å². The second-order valence-corrected chi connectivity index (χ2v) is 4.62. The van der Waals surface area contributed by atoms with Gasteiger partial charge in [-0.05, 0) is 36.4 Å². The molecule has 0 aliphatic rings. The molecular formula is C13H15ClF2O. The van der Waals surface area contributed by atoms with Gasteiger partial charge in [-0.1, -0.05) is 37.3 Å². The first kappa shape index (κ1) is 14.1. The van der Waals surface area contributed by atoms with Gasteiger partial charge in [0.15, 0.2) is 0 Å². The molecule has 1 rings (SSSR count). The van der Waals surface area contributed by atoms with Crippen molar-refractivity contribution in [3.8, 4) is 0 Å². The lowest BCUT2D eigenvalue weighted by molar-refractivity contribution is -0.137. The maximum Gasteiger partial charge on any atom is 0.380 e. The van der Waals surface area contributed by atoms with Crippen LogP contribution in [0.1, 0.15) is 25.3 Å². The summed E-state index contributed by atoms with van der Waals surface area (Å²) in [5.74, 6) is -1.89. The fourth-order valence-electron chi connectivity index (χ4n) is 1.67. The maximum atomic E-state index is 12.5. The molecule has 0 aliphatic carbocycles. The number of alkyl halides is 3. The molecule has 1 nitrogen and oxygen atoms in total. The Morgan fingerprint density at radius 1 is 1.35 bits per heavy atom. The molecule has 94 valence electrons. The lowest BCUT2D eigenvalue weighted by atomic mass is 9.97. The first-order chi connectivity index (χ1) is 7.91. The monoisotopic (exact) mass is 260 g/mol. The van der Waals surface area contributed by atoms with E-state index in [1.54, 1.807) is 0 Å². The topological polar surface area (TPSA) is 17.1 Å². The van der Waals surface area contributed by atoms with Crippen molar-refractivity contribution in [1.82, 2.24) is 0 Å². The number of Topliss-reactive ketones (excluding diaryl/α,β-unsaturated/α-hetero) is 1. The van der Waals surface area contributed by atoms with E-state index in [0.29, 0.717) is 12.8 Å². The van der Waals surface area contributed by atoms with Crippen LogP contribution < -0.4 is 0 Å². The molecule has 1 atom stereocenters. The lowest BCUT2D eigenvalue weighted by Crippen LogP contribution is -2.27. The van der Waals surface area contributed by atoms with Crippen molar-refractivity contribution in [2.45, 2.75) is 31.6 Å². The Morgan fingerprint density at radius 3 is 2.47 bits per heavy atom. The highest BCUT2D eigenvalue weighted by Gasteiger charge is 2.38. The minimum Gasteiger partial charge on any atom is -0.291 e. The molecule has 0 saturated heterocycles. The molecule has 0 bridgehead atoms. The molecule has 17 heavy (non-hydrogen) atoms. The molecule has 1 aromatic rings. The fraction of sp³-hybridized carbons (Fsp3) is 0.462. The van der Waals surface area contributed by atoms with Gasteiger partial charge in [0.1, 0.15) is 0 Å². The van der Waals surface area contributed by atoms with Gasteiger partial charge >= 0.3 is 5.38 Å². The number of hydrogen-bond acceptors (Lipinski definition) is 1. The molecule has 0 aromatic heterocycles. The summed E-state index contributed by atoms with van der Waals surface area (Å²) in [6.07, 6.45) is 1.91. The predicted octanol–water partition coefficient (Wildman–Crippen LogP) is 4.05. The zero-order valence-corrected chi connectivity index (χ0v) is 10.4. The summed E-state index contributed by atoms with van der Waals surface area (Å²) in [7, 11) is 0. The number of rotatable bonds is 6. The second-order valence-electron chi connectivity index (χ2n) is 4.14. The Balaban J connectivity index is 2.35. The van der Waals surface area contributed by atoms with Crippen molar-refractivity contribution in [3.05, 3.63) is 35.9 Å². The van der Waals surface area contributed by atoms with Gasteiger partial charge in [0.2, 0.25) is 5.78 Å². The van der Waals surface area contributed by atoms with Crippen molar-refractivity contribution in [2.75, 3.05) is 0 Å². The van der Waals surface area contributed by atoms with Crippen molar-refractivity contribution in [3.63, 3.8) is 0 Å². The zero-order chi connectivity index (χ0) is 12.9. The van der Waals surface area contributed by atoms with Gasteiger partial charge in [0.05, 0.1) is 0 Å². The molecule has 1 unspecified atom stereocenters. The number of benzene rings is 1. The molecule has 0 fully saturated rings. The average molecular weight is 261 g/mol. The number of ketones is 1. The van der Waals surface area contributed by atoms with Crippen LogP contribution in [0, 0.1) is 5.92 Å². The van der Waals surface area contributed by atoms with Crippen LogP contribution in [0.25, 0.3) is 0 Å². The van der Waals surface area contributed by atoms with Crippen molar-refractivity contribution < 1.29 is 13.6 Å². The van der Waals surface area contributed by atoms with E-state index in [9.17, 15) is 13.6 Å². The van der Waals surface area contributed by atoms with Crippen LogP contribution in [0.3, 0.4) is 0 Å².